The molecular formula is C13H9NO3S. The Balaban J connectivity index is 2.32. The first-order valence-corrected chi connectivity index (χ1v) is 6.35. The summed E-state index contributed by atoms with van der Waals surface area (Å²) in [5.41, 5.74) is 1.82. The highest BCUT2D eigenvalue weighted by Gasteiger charge is 2.10. The normalized spacial score (nSPS) is 12.7. The Morgan fingerprint density at radius 1 is 1.06 bits per heavy atom. The lowest BCUT2D eigenvalue weighted by molar-refractivity contribution is -0.310. The van der Waals surface area contributed by atoms with Crippen molar-refractivity contribution in [3.63, 3.8) is 0 Å². The summed E-state index contributed by atoms with van der Waals surface area (Å²) >= 11 is -2.57. The highest BCUT2D eigenvalue weighted by molar-refractivity contribution is 7.74. The van der Waals surface area contributed by atoms with E-state index in [1.807, 2.05) is 36.4 Å². The third-order valence-electron chi connectivity index (χ3n) is 2.75. The van der Waals surface area contributed by atoms with Crippen LogP contribution in [0.15, 0.2) is 48.5 Å². The van der Waals surface area contributed by atoms with Crippen LogP contribution in [-0.2, 0) is 11.4 Å². The average molecular weight is 259 g/mol. The minimum Gasteiger partial charge on any atom is -0.740 e. The Bertz CT molecular complexity index is 757. The molecule has 1 heterocycles. The summed E-state index contributed by atoms with van der Waals surface area (Å²) in [5, 5.41) is 1.73. The number of benzene rings is 2. The molecule has 0 saturated carbocycles. The summed E-state index contributed by atoms with van der Waals surface area (Å²) in [6, 6.07) is 14.9. The molecule has 0 fully saturated rings. The lowest BCUT2D eigenvalue weighted by Crippen LogP contribution is -2.06. The fraction of sp³-hybridized carbons (Fsp3) is 0. The van der Waals surface area contributed by atoms with Crippen LogP contribution in [0.2, 0.25) is 0 Å². The van der Waals surface area contributed by atoms with E-state index in [1.54, 1.807) is 12.1 Å². The van der Waals surface area contributed by atoms with Crippen LogP contribution in [-0.4, -0.2) is 8.76 Å². The Kier molecular flexibility index (Phi) is 2.70. The molecule has 0 aliphatic rings. The molecule has 0 saturated heterocycles. The molecular weight excluding hydrogens is 250 g/mol. The van der Waals surface area contributed by atoms with Gasteiger partial charge >= 0.3 is 0 Å². The molecule has 4 nitrogen and oxygen atoms in total. The van der Waals surface area contributed by atoms with Gasteiger partial charge in [-0.05, 0) is 18.2 Å². The molecule has 3 rings (SSSR count). The fourth-order valence-electron chi connectivity index (χ4n) is 1.99. The van der Waals surface area contributed by atoms with E-state index >= 15 is 0 Å². The molecule has 0 aliphatic carbocycles. The van der Waals surface area contributed by atoms with Crippen molar-refractivity contribution >= 4 is 33.2 Å². The van der Waals surface area contributed by atoms with Gasteiger partial charge in [0.1, 0.15) is 11.4 Å². The summed E-state index contributed by atoms with van der Waals surface area (Å²) in [4.78, 5) is 3.24. The second-order valence-electron chi connectivity index (χ2n) is 3.86. The first-order chi connectivity index (χ1) is 8.74. The van der Waals surface area contributed by atoms with Gasteiger partial charge in [-0.15, -0.1) is 0 Å². The largest absolute Gasteiger partial charge is 0.740 e. The number of aromatic nitrogens is 1. The van der Waals surface area contributed by atoms with Crippen molar-refractivity contribution in [1.82, 2.24) is 0 Å². The number of rotatable bonds is 2. The van der Waals surface area contributed by atoms with Crippen molar-refractivity contribution in [3.05, 3.63) is 48.5 Å². The Morgan fingerprint density at radius 3 is 2.67 bits per heavy atom. The molecule has 1 aromatic heterocycles. The number of para-hydroxylation sites is 1. The average Bonchev–Trinajstić information content (AvgIpc) is 2.36. The van der Waals surface area contributed by atoms with Crippen LogP contribution in [0, 0.1) is 0 Å². The van der Waals surface area contributed by atoms with E-state index in [9.17, 15) is 8.76 Å². The molecule has 0 spiro atoms. The highest BCUT2D eigenvalue weighted by Crippen LogP contribution is 2.26. The lowest BCUT2D eigenvalue weighted by Gasteiger charge is -2.08. The molecule has 0 amide bonds. The van der Waals surface area contributed by atoms with Crippen LogP contribution in [0.3, 0.4) is 0 Å². The van der Waals surface area contributed by atoms with Gasteiger partial charge in [-0.25, -0.2) is 9.19 Å². The second-order valence-corrected chi connectivity index (χ2v) is 4.44. The van der Waals surface area contributed by atoms with Gasteiger partial charge in [-0.2, -0.15) is 0 Å². The summed E-state index contributed by atoms with van der Waals surface area (Å²) in [5.74, 6) is 0.322. The number of hydrogen-bond donors (Lipinski definition) is 0. The molecule has 1 atom stereocenters. The van der Waals surface area contributed by atoms with Gasteiger partial charge < -0.3 is 8.74 Å². The molecule has 5 heteroatoms. The van der Waals surface area contributed by atoms with Crippen LogP contribution in [0.1, 0.15) is 0 Å². The van der Waals surface area contributed by atoms with Crippen LogP contribution >= 0.6 is 0 Å². The third-order valence-corrected chi connectivity index (χ3v) is 3.07. The molecule has 18 heavy (non-hydrogen) atoms. The predicted molar refractivity (Wildman–Crippen MR) is 67.6 cm³/mol. The van der Waals surface area contributed by atoms with Gasteiger partial charge in [0.15, 0.2) is 5.75 Å². The molecule has 90 valence electrons. The maximum absolute atomic E-state index is 10.6. The summed E-state index contributed by atoms with van der Waals surface area (Å²) in [6.45, 7) is 0. The van der Waals surface area contributed by atoms with E-state index in [4.69, 9.17) is 4.18 Å². The van der Waals surface area contributed by atoms with Gasteiger partial charge in [-0.3, -0.25) is 0 Å². The zero-order chi connectivity index (χ0) is 12.5. The van der Waals surface area contributed by atoms with Crippen molar-refractivity contribution in [2.24, 2.45) is 0 Å². The van der Waals surface area contributed by atoms with Crippen LogP contribution in [0.25, 0.3) is 21.8 Å². The molecule has 0 aliphatic heterocycles. The van der Waals surface area contributed by atoms with Crippen molar-refractivity contribution in [3.8, 4) is 5.75 Å². The molecule has 0 bridgehead atoms. The maximum Gasteiger partial charge on any atom is 0.215 e. The smallest absolute Gasteiger partial charge is 0.215 e. The minimum absolute atomic E-state index is 0.322. The van der Waals surface area contributed by atoms with E-state index in [0.29, 0.717) is 5.75 Å². The van der Waals surface area contributed by atoms with E-state index in [1.165, 1.54) is 0 Å². The number of H-pyrrole nitrogens is 1. The van der Waals surface area contributed by atoms with E-state index < -0.39 is 11.4 Å². The molecule has 0 radical (unpaired) electrons. The first-order valence-electron chi connectivity index (χ1n) is 5.35. The van der Waals surface area contributed by atoms with Crippen LogP contribution in [0.5, 0.6) is 5.75 Å². The van der Waals surface area contributed by atoms with E-state index in [-0.39, 0.29) is 0 Å². The van der Waals surface area contributed by atoms with Crippen LogP contribution in [0.4, 0.5) is 0 Å². The number of hydrogen-bond acceptors (Lipinski definition) is 3. The summed E-state index contributed by atoms with van der Waals surface area (Å²) in [6.07, 6.45) is 0. The molecule has 3 aromatic rings. The third kappa shape index (κ3) is 1.94. The Morgan fingerprint density at radius 2 is 1.83 bits per heavy atom. The number of nitrogens with one attached hydrogen (secondary N) is 1. The number of pyridine rings is 1. The standard InChI is InChI=1S/C13H9NO3S/c15-18(16)17-13-7-3-6-12-10(13)8-9-4-1-2-5-11(9)14-12/h1-8H,(H,15,16). The summed E-state index contributed by atoms with van der Waals surface area (Å²) in [7, 11) is 0. The molecule has 2 aromatic carbocycles. The van der Waals surface area contributed by atoms with E-state index in [0.717, 1.165) is 21.8 Å². The monoisotopic (exact) mass is 259 g/mol. The number of aromatic amines is 1. The topological polar surface area (TPSA) is 63.5 Å². The minimum atomic E-state index is -2.57. The quantitative estimate of drug-likeness (QED) is 0.522. The zero-order valence-corrected chi connectivity index (χ0v) is 10.1. The van der Waals surface area contributed by atoms with Crippen LogP contribution < -0.4 is 9.17 Å². The van der Waals surface area contributed by atoms with Gasteiger partial charge in [-0.1, -0.05) is 18.2 Å². The fourth-order valence-corrected chi connectivity index (χ4v) is 2.28. The molecule has 1 unspecified atom stereocenters. The van der Waals surface area contributed by atoms with Crippen molar-refractivity contribution < 1.29 is 17.9 Å². The molecule has 1 N–H and O–H groups in total. The SMILES string of the molecule is O=S([O-])Oc1cccc2[nH+]c3ccccc3cc12. The highest BCUT2D eigenvalue weighted by atomic mass is 32.2. The lowest BCUT2D eigenvalue weighted by atomic mass is 10.1. The van der Waals surface area contributed by atoms with E-state index in [2.05, 4.69) is 4.98 Å². The Hall–Kier alpha value is -1.98. The maximum atomic E-state index is 10.6. The predicted octanol–water partition coefficient (Wildman–Crippen LogP) is 1.98. The second kappa shape index (κ2) is 4.36. The van der Waals surface area contributed by atoms with Gasteiger partial charge in [0.05, 0.1) is 5.39 Å². The van der Waals surface area contributed by atoms with Crippen molar-refractivity contribution in [1.29, 1.82) is 0 Å². The van der Waals surface area contributed by atoms with Gasteiger partial charge in [0.2, 0.25) is 11.0 Å². The van der Waals surface area contributed by atoms with Gasteiger partial charge in [0, 0.05) is 17.5 Å². The summed E-state index contributed by atoms with van der Waals surface area (Å²) < 4.78 is 26.1. The first kappa shape index (κ1) is 11.1. The number of fused-ring (bicyclic) bond motifs is 2. The zero-order valence-electron chi connectivity index (χ0n) is 9.25. The Labute approximate surface area is 106 Å². The van der Waals surface area contributed by atoms with Crippen molar-refractivity contribution in [2.45, 2.75) is 0 Å². The van der Waals surface area contributed by atoms with Crippen molar-refractivity contribution in [2.75, 3.05) is 0 Å². The van der Waals surface area contributed by atoms with Gasteiger partial charge in [0.25, 0.3) is 0 Å².